The van der Waals surface area contributed by atoms with E-state index in [4.69, 9.17) is 16.2 Å². The Hall–Kier alpha value is -2.08. The molecule has 0 saturated heterocycles. The molecule has 1 aromatic rings. The summed E-state index contributed by atoms with van der Waals surface area (Å²) in [5.41, 5.74) is 13.0. The zero-order valence-electron chi connectivity index (χ0n) is 11.9. The standard InChI is InChI=1S/C15H19N3O3/c1-8-15(20)18(7-13(16)19)11-6-10(4-5-12(11)21-8)14(17)9-2-3-9/h4-6,8-9,14H,2-3,7,17H2,1H3,(H2,16,19). The molecule has 1 saturated carbocycles. The molecule has 0 spiro atoms. The van der Waals surface area contributed by atoms with Gasteiger partial charge < -0.3 is 16.2 Å². The number of nitrogens with two attached hydrogens (primary N) is 2. The Morgan fingerprint density at radius 1 is 1.48 bits per heavy atom. The first-order valence-corrected chi connectivity index (χ1v) is 7.13. The van der Waals surface area contributed by atoms with Gasteiger partial charge >= 0.3 is 0 Å². The van der Waals surface area contributed by atoms with Crippen LogP contribution in [0.25, 0.3) is 0 Å². The molecule has 2 aliphatic rings. The molecular weight excluding hydrogens is 270 g/mol. The molecular formula is C15H19N3O3. The number of primary amides is 1. The maximum absolute atomic E-state index is 12.2. The number of anilines is 1. The maximum Gasteiger partial charge on any atom is 0.268 e. The maximum atomic E-state index is 12.2. The number of amides is 2. The second kappa shape index (κ2) is 5.04. The SMILES string of the molecule is CC1Oc2ccc(C(N)C3CC3)cc2N(CC(N)=O)C1=O. The summed E-state index contributed by atoms with van der Waals surface area (Å²) in [6.07, 6.45) is 1.64. The summed E-state index contributed by atoms with van der Waals surface area (Å²) >= 11 is 0. The van der Waals surface area contributed by atoms with Gasteiger partial charge in [0.1, 0.15) is 12.3 Å². The van der Waals surface area contributed by atoms with Gasteiger partial charge in [0.05, 0.1) is 5.69 Å². The highest BCUT2D eigenvalue weighted by Gasteiger charge is 2.34. The molecule has 0 radical (unpaired) electrons. The third-order valence-corrected chi connectivity index (χ3v) is 4.02. The lowest BCUT2D eigenvalue weighted by molar-refractivity contribution is -0.127. The smallest absolute Gasteiger partial charge is 0.268 e. The van der Waals surface area contributed by atoms with Crippen LogP contribution in [-0.4, -0.2) is 24.5 Å². The largest absolute Gasteiger partial charge is 0.479 e. The lowest BCUT2D eigenvalue weighted by Crippen LogP contribution is -2.48. The third-order valence-electron chi connectivity index (χ3n) is 4.02. The minimum atomic E-state index is -0.625. The van der Waals surface area contributed by atoms with Gasteiger partial charge in [-0.1, -0.05) is 6.07 Å². The van der Waals surface area contributed by atoms with Gasteiger partial charge in [0.25, 0.3) is 5.91 Å². The van der Waals surface area contributed by atoms with Crippen molar-refractivity contribution >= 4 is 17.5 Å². The zero-order chi connectivity index (χ0) is 15.1. The average molecular weight is 289 g/mol. The summed E-state index contributed by atoms with van der Waals surface area (Å²) in [6.45, 7) is 1.50. The van der Waals surface area contributed by atoms with Crippen LogP contribution < -0.4 is 21.1 Å². The Morgan fingerprint density at radius 3 is 2.81 bits per heavy atom. The summed E-state index contributed by atoms with van der Waals surface area (Å²) < 4.78 is 5.58. The number of hydrogen-bond donors (Lipinski definition) is 2. The van der Waals surface area contributed by atoms with E-state index in [1.54, 1.807) is 6.92 Å². The van der Waals surface area contributed by atoms with E-state index >= 15 is 0 Å². The highest BCUT2D eigenvalue weighted by atomic mass is 16.5. The van der Waals surface area contributed by atoms with E-state index in [-0.39, 0.29) is 18.5 Å². The van der Waals surface area contributed by atoms with Gasteiger partial charge in [0, 0.05) is 6.04 Å². The summed E-state index contributed by atoms with van der Waals surface area (Å²) in [5, 5.41) is 0. The predicted octanol–water partition coefficient (Wildman–Crippen LogP) is 0.696. The fourth-order valence-electron chi connectivity index (χ4n) is 2.68. The molecule has 0 bridgehead atoms. The van der Waals surface area contributed by atoms with Gasteiger partial charge in [-0.2, -0.15) is 0 Å². The number of carbonyl (C=O) groups excluding carboxylic acids is 2. The van der Waals surface area contributed by atoms with E-state index in [9.17, 15) is 9.59 Å². The molecule has 21 heavy (non-hydrogen) atoms. The van der Waals surface area contributed by atoms with Crippen molar-refractivity contribution in [3.63, 3.8) is 0 Å². The third kappa shape index (κ3) is 2.58. The summed E-state index contributed by atoms with van der Waals surface area (Å²) in [6, 6.07) is 5.53. The Labute approximate surface area is 123 Å². The molecule has 112 valence electrons. The molecule has 6 heteroatoms. The van der Waals surface area contributed by atoms with Crippen molar-refractivity contribution < 1.29 is 14.3 Å². The first-order valence-electron chi connectivity index (χ1n) is 7.13. The number of carbonyl (C=O) groups is 2. The van der Waals surface area contributed by atoms with E-state index in [0.29, 0.717) is 17.4 Å². The molecule has 1 aliphatic carbocycles. The van der Waals surface area contributed by atoms with E-state index in [1.807, 2.05) is 18.2 Å². The van der Waals surface area contributed by atoms with Gasteiger partial charge in [0.2, 0.25) is 5.91 Å². The van der Waals surface area contributed by atoms with Crippen molar-refractivity contribution in [2.45, 2.75) is 31.9 Å². The molecule has 6 nitrogen and oxygen atoms in total. The minimum Gasteiger partial charge on any atom is -0.479 e. The number of rotatable bonds is 4. The highest BCUT2D eigenvalue weighted by molar-refractivity contribution is 6.03. The van der Waals surface area contributed by atoms with E-state index in [1.165, 1.54) is 4.90 Å². The van der Waals surface area contributed by atoms with Crippen molar-refractivity contribution in [1.29, 1.82) is 0 Å². The van der Waals surface area contributed by atoms with Crippen LogP contribution in [0.5, 0.6) is 5.75 Å². The van der Waals surface area contributed by atoms with Crippen LogP contribution in [0.4, 0.5) is 5.69 Å². The van der Waals surface area contributed by atoms with Gasteiger partial charge in [0.15, 0.2) is 6.10 Å². The van der Waals surface area contributed by atoms with Crippen molar-refractivity contribution in [2.75, 3.05) is 11.4 Å². The van der Waals surface area contributed by atoms with Gasteiger partial charge in [-0.05, 0) is 43.4 Å². The average Bonchev–Trinajstić information content (AvgIpc) is 3.27. The minimum absolute atomic E-state index is 0.0415. The summed E-state index contributed by atoms with van der Waals surface area (Å²) in [4.78, 5) is 24.8. The molecule has 2 atom stereocenters. The number of fused-ring (bicyclic) bond motifs is 1. The zero-order valence-corrected chi connectivity index (χ0v) is 11.9. The Balaban J connectivity index is 1.98. The van der Waals surface area contributed by atoms with Gasteiger partial charge in [-0.15, -0.1) is 0 Å². The molecule has 3 rings (SSSR count). The van der Waals surface area contributed by atoms with Crippen LogP contribution in [0, 0.1) is 5.92 Å². The quantitative estimate of drug-likeness (QED) is 0.852. The topological polar surface area (TPSA) is 98.7 Å². The molecule has 1 aromatic carbocycles. The number of benzene rings is 1. The first-order chi connectivity index (χ1) is 9.97. The van der Waals surface area contributed by atoms with Crippen LogP contribution in [0.2, 0.25) is 0 Å². The van der Waals surface area contributed by atoms with Crippen molar-refractivity contribution in [3.05, 3.63) is 23.8 Å². The van der Waals surface area contributed by atoms with Crippen LogP contribution in [-0.2, 0) is 9.59 Å². The Morgan fingerprint density at radius 2 is 2.19 bits per heavy atom. The molecule has 4 N–H and O–H groups in total. The second-order valence-corrected chi connectivity index (χ2v) is 5.74. The molecule has 1 heterocycles. The number of nitrogens with zero attached hydrogens (tertiary/aromatic N) is 1. The van der Waals surface area contributed by atoms with Crippen LogP contribution in [0.15, 0.2) is 18.2 Å². The number of hydrogen-bond acceptors (Lipinski definition) is 4. The second-order valence-electron chi connectivity index (χ2n) is 5.74. The van der Waals surface area contributed by atoms with Crippen molar-refractivity contribution in [3.8, 4) is 5.75 Å². The fourth-order valence-corrected chi connectivity index (χ4v) is 2.68. The van der Waals surface area contributed by atoms with E-state index in [0.717, 1.165) is 18.4 Å². The van der Waals surface area contributed by atoms with Crippen molar-refractivity contribution in [2.24, 2.45) is 17.4 Å². The van der Waals surface area contributed by atoms with E-state index < -0.39 is 12.0 Å². The monoisotopic (exact) mass is 289 g/mol. The first kappa shape index (κ1) is 13.9. The predicted molar refractivity (Wildman–Crippen MR) is 77.7 cm³/mol. The molecule has 1 fully saturated rings. The number of ether oxygens (including phenoxy) is 1. The summed E-state index contributed by atoms with van der Waals surface area (Å²) in [7, 11) is 0. The van der Waals surface area contributed by atoms with Crippen LogP contribution in [0.3, 0.4) is 0 Å². The Kier molecular flexibility index (Phi) is 3.33. The summed E-state index contributed by atoms with van der Waals surface area (Å²) in [5.74, 6) is 0.264. The molecule has 2 unspecified atom stereocenters. The van der Waals surface area contributed by atoms with Crippen LogP contribution >= 0.6 is 0 Å². The molecule has 0 aromatic heterocycles. The lowest BCUT2D eigenvalue weighted by atomic mass is 10.0. The Bertz CT molecular complexity index is 598. The van der Waals surface area contributed by atoms with Crippen LogP contribution in [0.1, 0.15) is 31.4 Å². The molecule has 2 amide bonds. The van der Waals surface area contributed by atoms with E-state index in [2.05, 4.69) is 0 Å². The van der Waals surface area contributed by atoms with Crippen molar-refractivity contribution in [1.82, 2.24) is 0 Å². The normalized spacial score (nSPS) is 22.5. The fraction of sp³-hybridized carbons (Fsp3) is 0.467. The molecule has 1 aliphatic heterocycles. The highest BCUT2D eigenvalue weighted by Crippen LogP contribution is 2.42. The van der Waals surface area contributed by atoms with Gasteiger partial charge in [-0.3, -0.25) is 14.5 Å². The van der Waals surface area contributed by atoms with Gasteiger partial charge in [-0.25, -0.2) is 0 Å². The lowest BCUT2D eigenvalue weighted by Gasteiger charge is -2.33.